The molecule has 1 aromatic rings. The summed E-state index contributed by atoms with van der Waals surface area (Å²) < 4.78 is 39.8. The molecule has 116 valence electrons. The van der Waals surface area contributed by atoms with Crippen LogP contribution in [0.5, 0.6) is 0 Å². The number of carbonyl (C=O) groups is 1. The van der Waals surface area contributed by atoms with Gasteiger partial charge in [-0.3, -0.25) is 4.79 Å². The van der Waals surface area contributed by atoms with Gasteiger partial charge in [-0.05, 0) is 43.7 Å². The fourth-order valence-corrected chi connectivity index (χ4v) is 2.70. The van der Waals surface area contributed by atoms with Gasteiger partial charge in [-0.15, -0.1) is 0 Å². The van der Waals surface area contributed by atoms with Gasteiger partial charge < -0.3 is 11.1 Å². The molecule has 0 unspecified atom stereocenters. The Kier molecular flexibility index (Phi) is 4.56. The molecule has 3 N–H and O–H groups in total. The molecule has 1 amide bonds. The first-order valence-corrected chi connectivity index (χ1v) is 7.04. The summed E-state index contributed by atoms with van der Waals surface area (Å²) in [5.41, 5.74) is 4.66. The molecule has 1 aliphatic carbocycles. The molecular formula is C15H19F3N2O. The zero-order valence-corrected chi connectivity index (χ0v) is 11.9. The maximum atomic E-state index is 13.7. The Labute approximate surface area is 121 Å². The average Bonchev–Trinajstić information content (AvgIpc) is 2.47. The third-order valence-electron chi connectivity index (χ3n) is 4.28. The fraction of sp³-hybridized carbons (Fsp3) is 0.533. The Morgan fingerprint density at radius 2 is 1.90 bits per heavy atom. The van der Waals surface area contributed by atoms with E-state index >= 15 is 0 Å². The number of rotatable bonds is 3. The van der Waals surface area contributed by atoms with Crippen molar-refractivity contribution in [1.82, 2.24) is 5.32 Å². The lowest BCUT2D eigenvalue weighted by atomic mass is 9.77. The van der Waals surface area contributed by atoms with Crippen LogP contribution in [-0.2, 0) is 0 Å². The number of amides is 1. The molecule has 0 radical (unpaired) electrons. The van der Waals surface area contributed by atoms with Crippen LogP contribution in [0.2, 0.25) is 0 Å². The summed E-state index contributed by atoms with van der Waals surface area (Å²) in [4.78, 5) is 12.1. The molecular weight excluding hydrogens is 281 g/mol. The summed E-state index contributed by atoms with van der Waals surface area (Å²) in [6.07, 6.45) is 3.22. The van der Waals surface area contributed by atoms with Crippen molar-refractivity contribution in [3.8, 4) is 0 Å². The highest BCUT2D eigenvalue weighted by Gasteiger charge is 2.35. The number of hydrogen-bond donors (Lipinski definition) is 2. The fourth-order valence-electron chi connectivity index (χ4n) is 2.70. The maximum Gasteiger partial charge on any atom is 0.254 e. The number of nitrogens with one attached hydrogen (secondary N) is 1. The van der Waals surface area contributed by atoms with Crippen LogP contribution in [0, 0.1) is 23.4 Å². The molecule has 3 nitrogen and oxygen atoms in total. The van der Waals surface area contributed by atoms with Crippen LogP contribution < -0.4 is 11.1 Å². The van der Waals surface area contributed by atoms with E-state index in [4.69, 9.17) is 5.73 Å². The minimum Gasteiger partial charge on any atom is -0.345 e. The molecule has 2 rings (SSSR count). The van der Waals surface area contributed by atoms with E-state index in [-0.39, 0.29) is 6.54 Å². The van der Waals surface area contributed by atoms with Gasteiger partial charge in [0.15, 0.2) is 17.5 Å². The number of benzene rings is 1. The van der Waals surface area contributed by atoms with Crippen LogP contribution in [-0.4, -0.2) is 18.0 Å². The van der Waals surface area contributed by atoms with Gasteiger partial charge in [-0.2, -0.15) is 0 Å². The number of hydrogen-bond acceptors (Lipinski definition) is 2. The van der Waals surface area contributed by atoms with E-state index in [2.05, 4.69) is 12.2 Å². The Hall–Kier alpha value is -1.56. The molecule has 1 fully saturated rings. The second-order valence-electron chi connectivity index (χ2n) is 5.84. The Morgan fingerprint density at radius 3 is 2.48 bits per heavy atom. The monoisotopic (exact) mass is 300 g/mol. The number of carbonyl (C=O) groups excluding carboxylic acids is 1. The van der Waals surface area contributed by atoms with Crippen molar-refractivity contribution in [2.24, 2.45) is 11.7 Å². The summed E-state index contributed by atoms with van der Waals surface area (Å²) in [6.45, 7) is 2.36. The average molecular weight is 300 g/mol. The highest BCUT2D eigenvalue weighted by Crippen LogP contribution is 2.31. The third-order valence-corrected chi connectivity index (χ3v) is 4.28. The molecule has 21 heavy (non-hydrogen) atoms. The predicted molar refractivity (Wildman–Crippen MR) is 73.2 cm³/mol. The van der Waals surface area contributed by atoms with Gasteiger partial charge in [0.25, 0.3) is 5.91 Å². The van der Waals surface area contributed by atoms with Crippen molar-refractivity contribution < 1.29 is 18.0 Å². The van der Waals surface area contributed by atoms with Gasteiger partial charge in [0, 0.05) is 6.54 Å². The summed E-state index contributed by atoms with van der Waals surface area (Å²) >= 11 is 0. The van der Waals surface area contributed by atoms with Gasteiger partial charge >= 0.3 is 0 Å². The van der Waals surface area contributed by atoms with Crippen LogP contribution in [0.25, 0.3) is 0 Å². The second kappa shape index (κ2) is 6.05. The standard InChI is InChI=1S/C15H19F3N2O/c1-9-4-6-15(8-19,7-5-9)20-14(21)10-2-3-11(16)13(18)12(10)17/h2-3,9H,4-8,19H2,1H3,(H,20,21). The van der Waals surface area contributed by atoms with E-state index in [1.54, 1.807) is 0 Å². The zero-order chi connectivity index (χ0) is 15.6. The molecule has 0 aliphatic heterocycles. The predicted octanol–water partition coefficient (Wildman–Crippen LogP) is 2.74. The van der Waals surface area contributed by atoms with E-state index in [0.29, 0.717) is 18.8 Å². The van der Waals surface area contributed by atoms with Gasteiger partial charge in [0.05, 0.1) is 11.1 Å². The lowest BCUT2D eigenvalue weighted by Gasteiger charge is -2.39. The first kappa shape index (κ1) is 15.8. The minimum absolute atomic E-state index is 0.233. The van der Waals surface area contributed by atoms with E-state index in [9.17, 15) is 18.0 Å². The maximum absolute atomic E-state index is 13.7. The summed E-state index contributed by atoms with van der Waals surface area (Å²) in [5, 5.41) is 2.71. The SMILES string of the molecule is CC1CCC(CN)(NC(=O)c2ccc(F)c(F)c2F)CC1. The molecule has 0 bridgehead atoms. The lowest BCUT2D eigenvalue weighted by Crippen LogP contribution is -2.55. The van der Waals surface area contributed by atoms with Crippen LogP contribution in [0.15, 0.2) is 12.1 Å². The van der Waals surface area contributed by atoms with Crippen molar-refractivity contribution in [3.05, 3.63) is 35.1 Å². The summed E-state index contributed by atoms with van der Waals surface area (Å²) in [5.74, 6) is -4.62. The Bertz CT molecular complexity index is 540. The third kappa shape index (κ3) is 3.20. The summed E-state index contributed by atoms with van der Waals surface area (Å²) in [6, 6.07) is 1.68. The van der Waals surface area contributed by atoms with E-state index < -0.39 is 34.5 Å². The minimum atomic E-state index is -1.64. The van der Waals surface area contributed by atoms with Crippen molar-refractivity contribution in [2.45, 2.75) is 38.1 Å². The van der Waals surface area contributed by atoms with Crippen molar-refractivity contribution in [1.29, 1.82) is 0 Å². The number of halogens is 3. The lowest BCUT2D eigenvalue weighted by molar-refractivity contribution is 0.0854. The Balaban J connectivity index is 2.19. The first-order chi connectivity index (χ1) is 9.88. The van der Waals surface area contributed by atoms with Crippen LogP contribution in [0.4, 0.5) is 13.2 Å². The Morgan fingerprint density at radius 1 is 1.29 bits per heavy atom. The normalized spacial score (nSPS) is 25.7. The summed E-state index contributed by atoms with van der Waals surface area (Å²) in [7, 11) is 0. The number of nitrogens with two attached hydrogens (primary N) is 1. The molecule has 0 heterocycles. The molecule has 1 aliphatic rings. The van der Waals surface area contributed by atoms with E-state index in [0.717, 1.165) is 25.0 Å². The van der Waals surface area contributed by atoms with E-state index in [1.165, 1.54) is 0 Å². The molecule has 0 atom stereocenters. The van der Waals surface area contributed by atoms with Crippen LogP contribution >= 0.6 is 0 Å². The van der Waals surface area contributed by atoms with Gasteiger partial charge in [-0.25, -0.2) is 13.2 Å². The topological polar surface area (TPSA) is 55.1 Å². The second-order valence-corrected chi connectivity index (χ2v) is 5.84. The molecule has 6 heteroatoms. The van der Waals surface area contributed by atoms with Crippen molar-refractivity contribution >= 4 is 5.91 Å². The van der Waals surface area contributed by atoms with Crippen LogP contribution in [0.3, 0.4) is 0 Å². The molecule has 0 spiro atoms. The van der Waals surface area contributed by atoms with Crippen molar-refractivity contribution in [2.75, 3.05) is 6.54 Å². The molecule has 0 aromatic heterocycles. The molecule has 1 saturated carbocycles. The van der Waals surface area contributed by atoms with Gasteiger partial charge in [0.1, 0.15) is 0 Å². The van der Waals surface area contributed by atoms with Gasteiger partial charge in [-0.1, -0.05) is 6.92 Å². The van der Waals surface area contributed by atoms with Crippen LogP contribution in [0.1, 0.15) is 43.0 Å². The first-order valence-electron chi connectivity index (χ1n) is 7.04. The highest BCUT2D eigenvalue weighted by atomic mass is 19.2. The smallest absolute Gasteiger partial charge is 0.254 e. The van der Waals surface area contributed by atoms with Crippen molar-refractivity contribution in [3.63, 3.8) is 0 Å². The zero-order valence-electron chi connectivity index (χ0n) is 11.9. The quantitative estimate of drug-likeness (QED) is 0.843. The molecule has 1 aromatic carbocycles. The largest absolute Gasteiger partial charge is 0.345 e. The highest BCUT2D eigenvalue weighted by molar-refractivity contribution is 5.95. The molecule has 0 saturated heterocycles. The van der Waals surface area contributed by atoms with Gasteiger partial charge in [0.2, 0.25) is 0 Å². The van der Waals surface area contributed by atoms with E-state index in [1.807, 2.05) is 0 Å².